The van der Waals surface area contributed by atoms with Crippen LogP contribution in [0.5, 0.6) is 0 Å². The van der Waals surface area contributed by atoms with Crippen LogP contribution < -0.4 is 5.32 Å². The van der Waals surface area contributed by atoms with Crippen LogP contribution in [0.15, 0.2) is 54.6 Å². The van der Waals surface area contributed by atoms with E-state index in [0.29, 0.717) is 17.9 Å². The standard InChI is InChI=1S/C17H15N5O3/c1-12-16(17(23)18-11-13-6-3-2-4-7-13)19-20-21(12)14-8-5-9-15(10-14)22(24)25/h2-10H,11H2,1H3,(H,18,23). The number of benzene rings is 2. The fourth-order valence-corrected chi connectivity index (χ4v) is 2.38. The average Bonchev–Trinajstić information content (AvgIpc) is 3.02. The molecule has 0 bridgehead atoms. The normalized spacial score (nSPS) is 10.4. The van der Waals surface area contributed by atoms with Crippen molar-refractivity contribution in [2.45, 2.75) is 13.5 Å². The number of carbonyl (C=O) groups excluding carboxylic acids is 1. The Morgan fingerprint density at radius 1 is 1.20 bits per heavy atom. The summed E-state index contributed by atoms with van der Waals surface area (Å²) in [6.45, 7) is 2.07. The highest BCUT2D eigenvalue weighted by molar-refractivity contribution is 5.93. The molecule has 8 heteroatoms. The molecule has 0 aliphatic rings. The van der Waals surface area contributed by atoms with Crippen molar-refractivity contribution >= 4 is 11.6 Å². The maximum atomic E-state index is 12.3. The zero-order chi connectivity index (χ0) is 17.8. The number of nitrogens with zero attached hydrogens (tertiary/aromatic N) is 4. The molecule has 0 atom stereocenters. The lowest BCUT2D eigenvalue weighted by molar-refractivity contribution is -0.384. The molecule has 0 saturated heterocycles. The van der Waals surface area contributed by atoms with Crippen LogP contribution in [0.25, 0.3) is 5.69 Å². The Bertz CT molecular complexity index is 921. The van der Waals surface area contributed by atoms with Crippen molar-refractivity contribution in [1.82, 2.24) is 20.3 Å². The first-order valence-electron chi connectivity index (χ1n) is 7.55. The van der Waals surface area contributed by atoms with Crippen molar-refractivity contribution in [3.05, 3.63) is 81.7 Å². The molecule has 1 amide bonds. The summed E-state index contributed by atoms with van der Waals surface area (Å²) in [5, 5.41) is 21.5. The molecular formula is C17H15N5O3. The van der Waals surface area contributed by atoms with E-state index in [4.69, 9.17) is 0 Å². The molecule has 0 radical (unpaired) electrons. The molecule has 3 aromatic rings. The lowest BCUT2D eigenvalue weighted by Gasteiger charge is -2.05. The minimum Gasteiger partial charge on any atom is -0.347 e. The summed E-state index contributed by atoms with van der Waals surface area (Å²) in [5.41, 5.74) is 2.08. The van der Waals surface area contributed by atoms with Crippen LogP contribution in [-0.4, -0.2) is 25.8 Å². The number of nitrogens with one attached hydrogen (secondary N) is 1. The highest BCUT2D eigenvalue weighted by Crippen LogP contribution is 2.18. The van der Waals surface area contributed by atoms with Crippen molar-refractivity contribution in [1.29, 1.82) is 0 Å². The number of carbonyl (C=O) groups is 1. The monoisotopic (exact) mass is 337 g/mol. The van der Waals surface area contributed by atoms with Crippen LogP contribution in [-0.2, 0) is 6.54 Å². The van der Waals surface area contributed by atoms with Crippen LogP contribution in [0.2, 0.25) is 0 Å². The second-order valence-electron chi connectivity index (χ2n) is 5.38. The van der Waals surface area contributed by atoms with Gasteiger partial charge in [0.2, 0.25) is 0 Å². The minimum atomic E-state index is -0.483. The van der Waals surface area contributed by atoms with Crippen LogP contribution >= 0.6 is 0 Å². The van der Waals surface area contributed by atoms with Gasteiger partial charge in [-0.3, -0.25) is 14.9 Å². The fraction of sp³-hybridized carbons (Fsp3) is 0.118. The van der Waals surface area contributed by atoms with Crippen molar-refractivity contribution < 1.29 is 9.72 Å². The molecule has 25 heavy (non-hydrogen) atoms. The first-order chi connectivity index (χ1) is 12.1. The van der Waals surface area contributed by atoms with Crippen LogP contribution in [0, 0.1) is 17.0 Å². The quantitative estimate of drug-likeness (QED) is 0.569. The predicted molar refractivity (Wildman–Crippen MR) is 90.4 cm³/mol. The molecule has 0 fully saturated rings. The molecule has 0 aliphatic heterocycles. The summed E-state index contributed by atoms with van der Waals surface area (Å²) in [6, 6.07) is 15.5. The number of rotatable bonds is 5. The van der Waals surface area contributed by atoms with Gasteiger partial charge in [-0.1, -0.05) is 41.6 Å². The smallest absolute Gasteiger partial charge is 0.274 e. The summed E-state index contributed by atoms with van der Waals surface area (Å²) in [6.07, 6.45) is 0. The summed E-state index contributed by atoms with van der Waals surface area (Å²) in [4.78, 5) is 22.7. The Morgan fingerprint density at radius 3 is 2.68 bits per heavy atom. The summed E-state index contributed by atoms with van der Waals surface area (Å²) in [7, 11) is 0. The largest absolute Gasteiger partial charge is 0.347 e. The summed E-state index contributed by atoms with van der Waals surface area (Å²) < 4.78 is 1.41. The van der Waals surface area contributed by atoms with Gasteiger partial charge in [-0.05, 0) is 18.6 Å². The van der Waals surface area contributed by atoms with Gasteiger partial charge in [-0.25, -0.2) is 4.68 Å². The van der Waals surface area contributed by atoms with E-state index in [0.717, 1.165) is 5.56 Å². The van der Waals surface area contributed by atoms with Crippen LogP contribution in [0.3, 0.4) is 0 Å². The van der Waals surface area contributed by atoms with Gasteiger partial charge in [0, 0.05) is 18.7 Å². The molecule has 1 aromatic heterocycles. The number of nitro benzene ring substituents is 1. The SMILES string of the molecule is Cc1c(C(=O)NCc2ccccc2)nnn1-c1cccc([N+](=O)[O-])c1. The van der Waals surface area contributed by atoms with E-state index in [1.807, 2.05) is 30.3 Å². The zero-order valence-electron chi connectivity index (χ0n) is 13.4. The van der Waals surface area contributed by atoms with E-state index in [2.05, 4.69) is 15.6 Å². The number of hydrogen-bond donors (Lipinski definition) is 1. The van der Waals surface area contributed by atoms with Gasteiger partial charge in [0.05, 0.1) is 16.3 Å². The van der Waals surface area contributed by atoms with E-state index in [1.165, 1.54) is 16.8 Å². The molecule has 3 rings (SSSR count). The van der Waals surface area contributed by atoms with Crippen molar-refractivity contribution in [2.75, 3.05) is 0 Å². The fourth-order valence-electron chi connectivity index (χ4n) is 2.38. The zero-order valence-corrected chi connectivity index (χ0v) is 13.4. The van der Waals surface area contributed by atoms with Gasteiger partial charge >= 0.3 is 0 Å². The van der Waals surface area contributed by atoms with E-state index in [1.54, 1.807) is 19.1 Å². The first-order valence-corrected chi connectivity index (χ1v) is 7.55. The average molecular weight is 337 g/mol. The Labute approximate surface area is 143 Å². The van der Waals surface area contributed by atoms with Crippen molar-refractivity contribution in [3.63, 3.8) is 0 Å². The molecule has 1 heterocycles. The molecule has 8 nitrogen and oxygen atoms in total. The number of aromatic nitrogens is 3. The number of hydrogen-bond acceptors (Lipinski definition) is 5. The van der Waals surface area contributed by atoms with E-state index in [9.17, 15) is 14.9 Å². The Morgan fingerprint density at radius 2 is 1.96 bits per heavy atom. The molecule has 0 spiro atoms. The van der Waals surface area contributed by atoms with Gasteiger partial charge in [0.15, 0.2) is 5.69 Å². The topological polar surface area (TPSA) is 103 Å². The van der Waals surface area contributed by atoms with E-state index in [-0.39, 0.29) is 17.3 Å². The number of amides is 1. The number of non-ortho nitro benzene ring substituents is 1. The third-order valence-electron chi connectivity index (χ3n) is 3.69. The highest BCUT2D eigenvalue weighted by Gasteiger charge is 2.18. The Hall–Kier alpha value is -3.55. The minimum absolute atomic E-state index is 0.0533. The van der Waals surface area contributed by atoms with Gasteiger partial charge in [0.25, 0.3) is 11.6 Å². The van der Waals surface area contributed by atoms with E-state index >= 15 is 0 Å². The van der Waals surface area contributed by atoms with Gasteiger partial charge < -0.3 is 5.32 Å². The van der Waals surface area contributed by atoms with Crippen LogP contribution in [0.1, 0.15) is 21.7 Å². The van der Waals surface area contributed by atoms with Gasteiger partial charge in [0.1, 0.15) is 0 Å². The second kappa shape index (κ2) is 6.91. The predicted octanol–water partition coefficient (Wildman–Crippen LogP) is 2.41. The Balaban J connectivity index is 1.80. The molecular weight excluding hydrogens is 322 g/mol. The third-order valence-corrected chi connectivity index (χ3v) is 3.69. The third kappa shape index (κ3) is 3.52. The highest BCUT2D eigenvalue weighted by atomic mass is 16.6. The first kappa shape index (κ1) is 16.3. The molecule has 0 unspecified atom stereocenters. The molecule has 2 aromatic carbocycles. The lowest BCUT2D eigenvalue weighted by atomic mass is 10.2. The Kier molecular flexibility index (Phi) is 4.51. The molecule has 0 saturated carbocycles. The molecule has 1 N–H and O–H groups in total. The van der Waals surface area contributed by atoms with Crippen molar-refractivity contribution in [2.24, 2.45) is 0 Å². The molecule has 0 aliphatic carbocycles. The summed E-state index contributed by atoms with van der Waals surface area (Å²) >= 11 is 0. The van der Waals surface area contributed by atoms with E-state index < -0.39 is 4.92 Å². The van der Waals surface area contributed by atoms with Crippen LogP contribution in [0.4, 0.5) is 5.69 Å². The molecule has 126 valence electrons. The van der Waals surface area contributed by atoms with Gasteiger partial charge in [-0.2, -0.15) is 0 Å². The van der Waals surface area contributed by atoms with Crippen molar-refractivity contribution in [3.8, 4) is 5.69 Å². The maximum absolute atomic E-state index is 12.3. The second-order valence-corrected chi connectivity index (χ2v) is 5.38. The number of nitro groups is 1. The lowest BCUT2D eigenvalue weighted by Crippen LogP contribution is -2.24. The maximum Gasteiger partial charge on any atom is 0.274 e. The van der Waals surface area contributed by atoms with Gasteiger partial charge in [-0.15, -0.1) is 5.10 Å². The summed E-state index contributed by atoms with van der Waals surface area (Å²) in [5.74, 6) is -0.349.